The van der Waals surface area contributed by atoms with Crippen molar-refractivity contribution in [2.45, 2.75) is 26.7 Å². The Hall–Kier alpha value is -2.29. The molecule has 0 radical (unpaired) electrons. The van der Waals surface area contributed by atoms with Crippen LogP contribution in [0, 0.1) is 6.92 Å². The van der Waals surface area contributed by atoms with Gasteiger partial charge in [-0.3, -0.25) is 0 Å². The summed E-state index contributed by atoms with van der Waals surface area (Å²) in [5.74, 6) is 0.376. The van der Waals surface area contributed by atoms with E-state index in [1.54, 1.807) is 0 Å². The van der Waals surface area contributed by atoms with Gasteiger partial charge in [0.1, 0.15) is 5.65 Å². The molecule has 0 aliphatic rings. The zero-order chi connectivity index (χ0) is 14.3. The Morgan fingerprint density at radius 3 is 2.50 bits per heavy atom. The Morgan fingerprint density at radius 2 is 1.85 bits per heavy atom. The number of pyridine rings is 1. The van der Waals surface area contributed by atoms with E-state index in [-0.39, 0.29) is 0 Å². The smallest absolute Gasteiger partial charge is 0.140 e. The number of benzene rings is 1. The summed E-state index contributed by atoms with van der Waals surface area (Å²) in [6, 6.07) is 12.3. The van der Waals surface area contributed by atoms with Crippen molar-refractivity contribution in [3.63, 3.8) is 0 Å². The average molecular weight is 265 g/mol. The lowest BCUT2D eigenvalue weighted by Gasteiger charge is -2.09. The molecule has 20 heavy (non-hydrogen) atoms. The molecule has 2 aromatic heterocycles. The lowest BCUT2D eigenvalue weighted by Crippen LogP contribution is -1.99. The summed E-state index contributed by atoms with van der Waals surface area (Å²) in [5, 5.41) is 0. The maximum atomic E-state index is 5.99. The number of hydrogen-bond acceptors (Lipinski definition) is 2. The van der Waals surface area contributed by atoms with E-state index in [0.29, 0.717) is 5.92 Å². The Kier molecular flexibility index (Phi) is 2.97. The number of nitrogens with two attached hydrogens (primary N) is 1. The molecule has 0 atom stereocenters. The lowest BCUT2D eigenvalue weighted by atomic mass is 10.0. The van der Waals surface area contributed by atoms with E-state index >= 15 is 0 Å². The highest BCUT2D eigenvalue weighted by molar-refractivity contribution is 5.69. The molecule has 1 aromatic carbocycles. The number of anilines is 1. The van der Waals surface area contributed by atoms with Crippen LogP contribution in [0.5, 0.6) is 0 Å². The van der Waals surface area contributed by atoms with Crippen molar-refractivity contribution >= 4 is 11.3 Å². The number of fused-ring (bicyclic) bond motifs is 1. The van der Waals surface area contributed by atoms with Gasteiger partial charge in [0.05, 0.1) is 11.4 Å². The van der Waals surface area contributed by atoms with E-state index in [2.05, 4.69) is 37.3 Å². The summed E-state index contributed by atoms with van der Waals surface area (Å²) in [6.45, 7) is 6.43. The van der Waals surface area contributed by atoms with Gasteiger partial charge in [-0.15, -0.1) is 0 Å². The van der Waals surface area contributed by atoms with Crippen LogP contribution in [0.2, 0.25) is 0 Å². The van der Waals surface area contributed by atoms with Gasteiger partial charge in [0.15, 0.2) is 0 Å². The van der Waals surface area contributed by atoms with Crippen LogP contribution in [0.4, 0.5) is 5.69 Å². The quantitative estimate of drug-likeness (QED) is 0.760. The van der Waals surface area contributed by atoms with Crippen LogP contribution in [0.15, 0.2) is 42.6 Å². The number of rotatable bonds is 2. The van der Waals surface area contributed by atoms with Gasteiger partial charge in [-0.05, 0) is 24.5 Å². The molecule has 0 saturated carbocycles. The summed E-state index contributed by atoms with van der Waals surface area (Å²) in [4.78, 5) is 4.85. The van der Waals surface area contributed by atoms with Crippen LogP contribution in [0.1, 0.15) is 31.0 Å². The second-order valence-electron chi connectivity index (χ2n) is 5.52. The number of aromatic nitrogens is 2. The molecule has 0 aliphatic heterocycles. The standard InChI is InChI=1S/C17H19N3/c1-11(2)16-15(13-7-5-4-6-8-13)19-17-12(3)9-14(18)10-20(16)17/h4-11H,18H2,1-3H3. The normalized spacial score (nSPS) is 11.4. The largest absolute Gasteiger partial charge is 0.398 e. The number of nitrogen functional groups attached to an aromatic ring is 1. The second kappa shape index (κ2) is 4.67. The molecule has 0 unspecified atom stereocenters. The maximum Gasteiger partial charge on any atom is 0.140 e. The summed E-state index contributed by atoms with van der Waals surface area (Å²) in [6.07, 6.45) is 1.97. The fourth-order valence-electron chi connectivity index (χ4n) is 2.72. The van der Waals surface area contributed by atoms with Gasteiger partial charge >= 0.3 is 0 Å². The van der Waals surface area contributed by atoms with Crippen molar-refractivity contribution in [1.29, 1.82) is 0 Å². The highest BCUT2D eigenvalue weighted by atomic mass is 15.0. The first-order valence-electron chi connectivity index (χ1n) is 6.91. The molecule has 0 saturated heterocycles. The molecule has 2 heterocycles. The molecule has 3 heteroatoms. The predicted octanol–water partition coefficient (Wildman–Crippen LogP) is 4.02. The first-order chi connectivity index (χ1) is 9.58. The van der Waals surface area contributed by atoms with Crippen LogP contribution in [0.3, 0.4) is 0 Å². The minimum atomic E-state index is 0.376. The fraction of sp³-hybridized carbons (Fsp3) is 0.235. The van der Waals surface area contributed by atoms with Crippen molar-refractivity contribution in [1.82, 2.24) is 9.38 Å². The molecule has 0 amide bonds. The molecular formula is C17H19N3. The topological polar surface area (TPSA) is 43.3 Å². The fourth-order valence-corrected chi connectivity index (χ4v) is 2.72. The van der Waals surface area contributed by atoms with Crippen LogP contribution < -0.4 is 5.73 Å². The molecule has 0 spiro atoms. The van der Waals surface area contributed by atoms with E-state index in [4.69, 9.17) is 10.7 Å². The molecule has 0 bridgehead atoms. The summed E-state index contributed by atoms with van der Waals surface area (Å²) in [5.41, 5.74) is 12.3. The van der Waals surface area contributed by atoms with E-state index < -0.39 is 0 Å². The highest BCUT2D eigenvalue weighted by Gasteiger charge is 2.17. The Labute approximate surface area is 119 Å². The van der Waals surface area contributed by atoms with Gasteiger partial charge in [0.2, 0.25) is 0 Å². The molecule has 3 nitrogen and oxygen atoms in total. The van der Waals surface area contributed by atoms with E-state index in [9.17, 15) is 0 Å². The van der Waals surface area contributed by atoms with Crippen LogP contribution in [-0.2, 0) is 0 Å². The van der Waals surface area contributed by atoms with E-state index in [0.717, 1.165) is 28.2 Å². The predicted molar refractivity (Wildman–Crippen MR) is 83.9 cm³/mol. The van der Waals surface area contributed by atoms with Crippen molar-refractivity contribution in [2.24, 2.45) is 0 Å². The van der Waals surface area contributed by atoms with Gasteiger partial charge in [0, 0.05) is 17.4 Å². The van der Waals surface area contributed by atoms with Crippen LogP contribution in [0.25, 0.3) is 16.9 Å². The summed E-state index contributed by atoms with van der Waals surface area (Å²) < 4.78 is 2.14. The van der Waals surface area contributed by atoms with Crippen molar-refractivity contribution in [3.8, 4) is 11.3 Å². The molecule has 0 fully saturated rings. The van der Waals surface area contributed by atoms with Gasteiger partial charge in [-0.25, -0.2) is 4.98 Å². The monoisotopic (exact) mass is 265 g/mol. The Morgan fingerprint density at radius 1 is 1.15 bits per heavy atom. The average Bonchev–Trinajstić information content (AvgIpc) is 2.79. The zero-order valence-electron chi connectivity index (χ0n) is 12.1. The summed E-state index contributed by atoms with van der Waals surface area (Å²) in [7, 11) is 0. The van der Waals surface area contributed by atoms with Crippen molar-refractivity contribution in [2.75, 3.05) is 5.73 Å². The van der Waals surface area contributed by atoms with Crippen LogP contribution >= 0.6 is 0 Å². The van der Waals surface area contributed by atoms with Crippen molar-refractivity contribution in [3.05, 3.63) is 53.9 Å². The number of imidazole rings is 1. The van der Waals surface area contributed by atoms with Gasteiger partial charge < -0.3 is 10.1 Å². The number of aryl methyl sites for hydroxylation is 1. The molecule has 102 valence electrons. The summed E-state index contributed by atoms with van der Waals surface area (Å²) >= 11 is 0. The number of nitrogens with zero attached hydrogens (tertiary/aromatic N) is 2. The van der Waals surface area contributed by atoms with Crippen LogP contribution in [-0.4, -0.2) is 9.38 Å². The molecule has 2 N–H and O–H groups in total. The Balaban J connectivity index is 2.38. The first kappa shape index (κ1) is 12.7. The van der Waals surface area contributed by atoms with Crippen molar-refractivity contribution < 1.29 is 0 Å². The SMILES string of the molecule is Cc1cc(N)cn2c(C(C)C)c(-c3ccccc3)nc12. The lowest BCUT2D eigenvalue weighted by molar-refractivity contribution is 0.811. The Bertz CT molecular complexity index is 755. The molecular weight excluding hydrogens is 246 g/mol. The first-order valence-corrected chi connectivity index (χ1v) is 6.91. The minimum absolute atomic E-state index is 0.376. The molecule has 3 aromatic rings. The minimum Gasteiger partial charge on any atom is -0.398 e. The van der Waals surface area contributed by atoms with Gasteiger partial charge in [-0.2, -0.15) is 0 Å². The number of hydrogen-bond donors (Lipinski definition) is 1. The third-order valence-corrected chi connectivity index (χ3v) is 3.56. The zero-order valence-corrected chi connectivity index (χ0v) is 12.1. The van der Waals surface area contributed by atoms with E-state index in [1.165, 1.54) is 5.69 Å². The third-order valence-electron chi connectivity index (χ3n) is 3.56. The molecule has 3 rings (SSSR count). The highest BCUT2D eigenvalue weighted by Crippen LogP contribution is 2.31. The van der Waals surface area contributed by atoms with Gasteiger partial charge in [-0.1, -0.05) is 44.2 Å². The third kappa shape index (κ3) is 1.95. The molecule has 0 aliphatic carbocycles. The van der Waals surface area contributed by atoms with Gasteiger partial charge in [0.25, 0.3) is 0 Å². The second-order valence-corrected chi connectivity index (χ2v) is 5.52. The maximum absolute atomic E-state index is 5.99. The van der Waals surface area contributed by atoms with E-state index in [1.807, 2.05) is 30.5 Å².